The highest BCUT2D eigenvalue weighted by Gasteiger charge is 2.50. The van der Waals surface area contributed by atoms with Crippen LogP contribution in [0.5, 0.6) is 0 Å². The van der Waals surface area contributed by atoms with Gasteiger partial charge in [-0.1, -0.05) is 186 Å². The Morgan fingerprint density at radius 2 is 0.859 bits per heavy atom. The van der Waals surface area contributed by atoms with Gasteiger partial charge in [-0.2, -0.15) is 0 Å². The van der Waals surface area contributed by atoms with Gasteiger partial charge in [-0.05, 0) is 157 Å². The molecule has 5 heterocycles. The summed E-state index contributed by atoms with van der Waals surface area (Å²) in [6.45, 7) is 26.8. The van der Waals surface area contributed by atoms with Crippen LogP contribution in [-0.4, -0.2) is 6.85 Å². The fourth-order valence-electron chi connectivity index (χ4n) is 13.3. The molecule has 2 aliphatic rings. The Bertz CT molecular complexity index is 4730. The summed E-state index contributed by atoms with van der Waals surface area (Å²) in [4.78, 5) is 7.33. The van der Waals surface area contributed by atoms with Gasteiger partial charge < -0.3 is 27.9 Å². The molecule has 85 heavy (non-hydrogen) atoms. The standard InChI is InChI=1S/C78H70BN3O3/c1-75(2,3)49-23-31-53(32-24-49)80(54-33-25-50(26-34-54)76(4,5)6)57-39-41-59-62-44-61-63-45-64-58-20-16-17-21-66(58)84-73(64)72-70(63)79(82(65(61)46-69(62)83-68(59)43-57)56-37-29-52(30-38-56)78(10,11)12)74-71(81(72)55-35-27-51(28-36-55)77(7,8)9)60-40-22-48(42-67(60)85-74)47-18-14-13-15-19-47/h13-46H,1-12H3. The molecule has 0 fully saturated rings. The first-order valence-electron chi connectivity index (χ1n) is 30.1. The number of rotatable bonds is 6. The van der Waals surface area contributed by atoms with Crippen LogP contribution in [0.25, 0.3) is 77.1 Å². The summed E-state index contributed by atoms with van der Waals surface area (Å²) < 4.78 is 22.1. The molecular formula is C78H70BN3O3. The van der Waals surface area contributed by atoms with Gasteiger partial charge in [-0.3, -0.25) is 0 Å². The fourth-order valence-corrected chi connectivity index (χ4v) is 13.3. The van der Waals surface area contributed by atoms with Crippen molar-refractivity contribution in [1.82, 2.24) is 0 Å². The molecule has 2 aliphatic heterocycles. The summed E-state index contributed by atoms with van der Waals surface area (Å²) >= 11 is 0. The van der Waals surface area contributed by atoms with Gasteiger partial charge in [0.1, 0.15) is 28.0 Å². The van der Waals surface area contributed by atoms with Gasteiger partial charge in [-0.25, -0.2) is 0 Å². The summed E-state index contributed by atoms with van der Waals surface area (Å²) in [6, 6.07) is 76.1. The van der Waals surface area contributed by atoms with Gasteiger partial charge in [0.05, 0.1) is 11.4 Å². The van der Waals surface area contributed by atoms with Crippen LogP contribution >= 0.6 is 0 Å². The number of fused-ring (bicyclic) bond motifs is 13. The molecule has 0 radical (unpaired) electrons. The van der Waals surface area contributed by atoms with Gasteiger partial charge in [0.2, 0.25) is 0 Å². The summed E-state index contributed by atoms with van der Waals surface area (Å²) in [5, 5.41) is 5.25. The molecule has 418 valence electrons. The van der Waals surface area contributed by atoms with Crippen molar-refractivity contribution in [3.63, 3.8) is 0 Å². The van der Waals surface area contributed by atoms with E-state index in [0.29, 0.717) is 0 Å². The van der Waals surface area contributed by atoms with Gasteiger partial charge in [0.25, 0.3) is 0 Å². The number of hydrogen-bond donors (Lipinski definition) is 0. The maximum absolute atomic E-state index is 7.60. The number of furan rings is 3. The molecule has 0 saturated carbocycles. The lowest BCUT2D eigenvalue weighted by atomic mass is 9.45. The first-order chi connectivity index (χ1) is 40.7. The van der Waals surface area contributed by atoms with Gasteiger partial charge in [0.15, 0.2) is 5.58 Å². The summed E-state index contributed by atoms with van der Waals surface area (Å²) in [5.41, 5.74) is 23.9. The predicted molar refractivity (Wildman–Crippen MR) is 359 cm³/mol. The molecule has 0 saturated heterocycles. The van der Waals surface area contributed by atoms with E-state index in [2.05, 4.69) is 304 Å². The van der Waals surface area contributed by atoms with Gasteiger partial charge >= 0.3 is 6.85 Å². The Morgan fingerprint density at radius 1 is 0.353 bits per heavy atom. The second kappa shape index (κ2) is 18.7. The predicted octanol–water partition coefficient (Wildman–Crippen LogP) is 21.3. The van der Waals surface area contributed by atoms with Crippen molar-refractivity contribution in [1.29, 1.82) is 0 Å². The quantitative estimate of drug-likeness (QED) is 0.155. The maximum atomic E-state index is 7.60. The van der Waals surface area contributed by atoms with Crippen LogP contribution in [0, 0.1) is 0 Å². The molecule has 13 aromatic rings. The molecule has 0 atom stereocenters. The van der Waals surface area contributed by atoms with E-state index in [1.54, 1.807) is 0 Å². The van der Waals surface area contributed by atoms with Crippen LogP contribution in [-0.2, 0) is 21.7 Å². The lowest BCUT2D eigenvalue weighted by molar-refractivity contribution is 0.590. The SMILES string of the molecule is CC(C)(C)c1ccc(N2B3c4oc5cc(-c6ccccc6)ccc5c4N(c4ccc(C(C)(C)C)cc4)c4c3c(cc3c4oc4ccccc43)-c3cc4c(cc32)oc2cc(N(c3ccc(C(C)(C)C)cc3)c3ccc(C(C)(C)C)cc3)ccc24)cc1. The zero-order chi connectivity index (χ0) is 58.6. The van der Waals surface area contributed by atoms with Crippen LogP contribution < -0.4 is 25.7 Å². The van der Waals surface area contributed by atoms with Crippen molar-refractivity contribution in [3.05, 3.63) is 229 Å². The highest BCUT2D eigenvalue weighted by molar-refractivity contribution is 6.93. The van der Waals surface area contributed by atoms with E-state index < -0.39 is 6.85 Å². The first kappa shape index (κ1) is 52.6. The molecule has 0 unspecified atom stereocenters. The highest BCUT2D eigenvalue weighted by atomic mass is 16.3. The van der Waals surface area contributed by atoms with Crippen molar-refractivity contribution in [2.24, 2.45) is 0 Å². The molecular weight excluding hydrogens is 1040 g/mol. The Balaban J connectivity index is 1.01. The van der Waals surface area contributed by atoms with E-state index in [9.17, 15) is 0 Å². The molecule has 6 nitrogen and oxygen atoms in total. The zero-order valence-corrected chi connectivity index (χ0v) is 50.8. The second-order valence-electron chi connectivity index (χ2n) is 27.8. The molecule has 3 aromatic heterocycles. The summed E-state index contributed by atoms with van der Waals surface area (Å²) in [7, 11) is 0. The zero-order valence-electron chi connectivity index (χ0n) is 50.8. The van der Waals surface area contributed by atoms with Crippen molar-refractivity contribution < 1.29 is 13.3 Å². The molecule has 7 heteroatoms. The second-order valence-corrected chi connectivity index (χ2v) is 27.8. The Hall–Kier alpha value is -9.20. The monoisotopic (exact) mass is 1110 g/mol. The van der Waals surface area contributed by atoms with Crippen LogP contribution in [0.3, 0.4) is 0 Å². The van der Waals surface area contributed by atoms with E-state index in [1.165, 1.54) is 22.3 Å². The normalized spacial score (nSPS) is 13.6. The van der Waals surface area contributed by atoms with E-state index in [0.717, 1.165) is 134 Å². The van der Waals surface area contributed by atoms with Crippen LogP contribution in [0.2, 0.25) is 0 Å². The molecule has 15 rings (SSSR count). The van der Waals surface area contributed by atoms with Crippen molar-refractivity contribution in [2.45, 2.75) is 105 Å². The molecule has 10 aromatic carbocycles. The number of para-hydroxylation sites is 1. The number of nitrogens with zero attached hydrogens (tertiary/aromatic N) is 3. The van der Waals surface area contributed by atoms with Crippen LogP contribution in [0.4, 0.5) is 45.5 Å². The smallest absolute Gasteiger partial charge is 0.376 e. The molecule has 0 aliphatic carbocycles. The highest BCUT2D eigenvalue weighted by Crippen LogP contribution is 2.54. The topological polar surface area (TPSA) is 49.1 Å². The molecule has 0 amide bonds. The Kier molecular flexibility index (Phi) is 11.5. The van der Waals surface area contributed by atoms with Gasteiger partial charge in [0, 0.05) is 78.8 Å². The van der Waals surface area contributed by atoms with Gasteiger partial charge in [-0.15, -0.1) is 0 Å². The number of anilines is 8. The van der Waals surface area contributed by atoms with Crippen LogP contribution in [0.15, 0.2) is 220 Å². The third-order valence-electron chi connectivity index (χ3n) is 18.1. The third-order valence-corrected chi connectivity index (χ3v) is 18.1. The molecule has 0 spiro atoms. The number of hydrogen-bond acceptors (Lipinski definition) is 6. The van der Waals surface area contributed by atoms with Crippen LogP contribution in [0.1, 0.15) is 105 Å². The average Bonchev–Trinajstić information content (AvgIpc) is 2.07. The lowest BCUT2D eigenvalue weighted by Crippen LogP contribution is -2.61. The van der Waals surface area contributed by atoms with E-state index in [1.807, 2.05) is 0 Å². The third kappa shape index (κ3) is 8.51. The van der Waals surface area contributed by atoms with E-state index in [4.69, 9.17) is 13.3 Å². The average molecular weight is 1110 g/mol. The minimum Gasteiger partial charge on any atom is -0.466 e. The largest absolute Gasteiger partial charge is 0.466 e. The minimum atomic E-state index is -0.431. The minimum absolute atomic E-state index is 0.0202. The van der Waals surface area contributed by atoms with Crippen molar-refractivity contribution in [2.75, 3.05) is 14.6 Å². The summed E-state index contributed by atoms with van der Waals surface area (Å²) in [5.74, 6) is 0. The maximum Gasteiger partial charge on any atom is 0.376 e. The number of benzene rings is 10. The summed E-state index contributed by atoms with van der Waals surface area (Å²) in [6.07, 6.45) is 0. The van der Waals surface area contributed by atoms with E-state index >= 15 is 0 Å². The first-order valence-corrected chi connectivity index (χ1v) is 30.1. The Morgan fingerprint density at radius 3 is 1.47 bits per heavy atom. The van der Waals surface area contributed by atoms with E-state index in [-0.39, 0.29) is 21.7 Å². The fraction of sp³-hybridized carbons (Fsp3) is 0.205. The lowest BCUT2D eigenvalue weighted by Gasteiger charge is -2.43. The Labute approximate surface area is 499 Å². The van der Waals surface area contributed by atoms with Crippen molar-refractivity contribution >= 4 is 118 Å². The molecule has 0 bridgehead atoms. The van der Waals surface area contributed by atoms with Crippen molar-refractivity contribution in [3.8, 4) is 22.3 Å². The molecule has 0 N–H and O–H groups in total.